The number of hydrogen-bond donors (Lipinski definition) is 3. The van der Waals surface area contributed by atoms with Crippen LogP contribution in [-0.4, -0.2) is 42.1 Å². The summed E-state index contributed by atoms with van der Waals surface area (Å²) >= 11 is 0. The fourth-order valence-electron chi connectivity index (χ4n) is 1.10. The highest BCUT2D eigenvalue weighted by atomic mass is 16.4. The predicted molar refractivity (Wildman–Crippen MR) is 42.5 cm³/mol. The first kappa shape index (κ1) is 8.63. The molecule has 0 spiro atoms. The minimum Gasteiger partial charge on any atom is -0.408 e. The number of hydrogen-bond acceptors (Lipinski definition) is 3. The molecule has 1 amide bonds. The zero-order valence-corrected chi connectivity index (χ0v) is 6.82. The van der Waals surface area contributed by atoms with E-state index in [0.717, 1.165) is 0 Å². The van der Waals surface area contributed by atoms with Crippen LogP contribution in [0.3, 0.4) is 0 Å². The van der Waals surface area contributed by atoms with E-state index in [-0.39, 0.29) is 17.8 Å². The van der Waals surface area contributed by atoms with Gasteiger partial charge in [0.05, 0.1) is 5.92 Å². The second-order valence-electron chi connectivity index (χ2n) is 2.67. The van der Waals surface area contributed by atoms with E-state index in [4.69, 9.17) is 10.9 Å². The van der Waals surface area contributed by atoms with E-state index in [2.05, 4.69) is 10.5 Å². The molecule has 1 aliphatic rings. The maximum atomic E-state index is 11.0. The van der Waals surface area contributed by atoms with E-state index in [1.807, 2.05) is 0 Å². The number of carbonyl (C=O) groups excluding carboxylic acids is 1. The molecule has 12 heavy (non-hydrogen) atoms. The molecular weight excluding hydrogens is 160 g/mol. The first-order valence-electron chi connectivity index (χ1n) is 3.63. The summed E-state index contributed by atoms with van der Waals surface area (Å²) in [5.41, 5.74) is 5.28. The molecule has 0 aromatic heterocycles. The van der Waals surface area contributed by atoms with Crippen molar-refractivity contribution in [1.82, 2.24) is 10.2 Å². The number of carbonyl (C=O) groups is 1. The van der Waals surface area contributed by atoms with Crippen LogP contribution in [0.15, 0.2) is 5.16 Å². The Morgan fingerprint density at radius 1 is 1.75 bits per heavy atom. The van der Waals surface area contributed by atoms with Gasteiger partial charge in [0.25, 0.3) is 0 Å². The van der Waals surface area contributed by atoms with Gasteiger partial charge in [-0.1, -0.05) is 5.16 Å². The number of likely N-dealkylation sites (tertiary alicyclic amines) is 1. The summed E-state index contributed by atoms with van der Waals surface area (Å²) < 4.78 is 0. The van der Waals surface area contributed by atoms with Gasteiger partial charge in [-0.15, -0.1) is 0 Å². The molecule has 4 N–H and O–H groups in total. The van der Waals surface area contributed by atoms with Crippen LogP contribution < -0.4 is 11.1 Å². The number of guanidine groups is 1. The Bertz CT molecular complexity index is 210. The summed E-state index contributed by atoms with van der Waals surface area (Å²) in [5.74, 6) is 0.0300. The van der Waals surface area contributed by atoms with Crippen LogP contribution in [0.1, 0.15) is 0 Å². The summed E-state index contributed by atoms with van der Waals surface area (Å²) in [7, 11) is 1.59. The number of nitrogens with two attached hydrogens (primary N) is 1. The summed E-state index contributed by atoms with van der Waals surface area (Å²) in [6.07, 6.45) is 0. The standard InChI is InChI=1S/C6H12N4O2/c1-8-5(11)4-2-10(3-4)6(7)9-12/h4,12H,2-3H2,1H3,(H2,7,9)(H,8,11). The van der Waals surface area contributed by atoms with E-state index < -0.39 is 0 Å². The lowest BCUT2D eigenvalue weighted by molar-refractivity contribution is -0.128. The lowest BCUT2D eigenvalue weighted by Crippen LogP contribution is -2.57. The third-order valence-electron chi connectivity index (χ3n) is 1.93. The Labute approximate surface area is 70.0 Å². The molecule has 0 aromatic rings. The second kappa shape index (κ2) is 3.29. The second-order valence-corrected chi connectivity index (χ2v) is 2.67. The monoisotopic (exact) mass is 172 g/mol. The SMILES string of the molecule is CNC(=O)C1CN(/C(N)=N/O)C1. The third kappa shape index (κ3) is 1.41. The molecule has 0 radical (unpaired) electrons. The van der Waals surface area contributed by atoms with Gasteiger partial charge in [0.1, 0.15) is 0 Å². The number of oxime groups is 1. The van der Waals surface area contributed by atoms with Crippen LogP contribution >= 0.6 is 0 Å². The van der Waals surface area contributed by atoms with Crippen LogP contribution in [0.5, 0.6) is 0 Å². The Balaban J connectivity index is 2.33. The van der Waals surface area contributed by atoms with Gasteiger partial charge >= 0.3 is 0 Å². The van der Waals surface area contributed by atoms with Crippen molar-refractivity contribution in [3.05, 3.63) is 0 Å². The summed E-state index contributed by atoms with van der Waals surface area (Å²) in [5, 5.41) is 13.6. The lowest BCUT2D eigenvalue weighted by Gasteiger charge is -2.37. The van der Waals surface area contributed by atoms with Gasteiger partial charge in [0, 0.05) is 20.1 Å². The van der Waals surface area contributed by atoms with Crippen molar-refractivity contribution in [1.29, 1.82) is 0 Å². The van der Waals surface area contributed by atoms with Crippen LogP contribution in [-0.2, 0) is 4.79 Å². The Kier molecular flexibility index (Phi) is 2.37. The molecule has 1 heterocycles. The van der Waals surface area contributed by atoms with Gasteiger partial charge in [-0.3, -0.25) is 4.79 Å². The Morgan fingerprint density at radius 2 is 2.33 bits per heavy atom. The molecule has 68 valence electrons. The number of amides is 1. The van der Waals surface area contributed by atoms with Crippen LogP contribution in [0.4, 0.5) is 0 Å². The largest absolute Gasteiger partial charge is 0.408 e. The van der Waals surface area contributed by atoms with Crippen molar-refractivity contribution in [2.75, 3.05) is 20.1 Å². The van der Waals surface area contributed by atoms with Crippen LogP contribution in [0.25, 0.3) is 0 Å². The molecule has 1 rings (SSSR count). The van der Waals surface area contributed by atoms with Crippen molar-refractivity contribution in [2.45, 2.75) is 0 Å². The van der Waals surface area contributed by atoms with E-state index in [9.17, 15) is 4.79 Å². The molecule has 0 saturated carbocycles. The zero-order chi connectivity index (χ0) is 9.14. The quantitative estimate of drug-likeness (QED) is 0.192. The Morgan fingerprint density at radius 3 is 2.75 bits per heavy atom. The minimum absolute atomic E-state index is 0.00279. The molecule has 0 atom stereocenters. The molecule has 1 saturated heterocycles. The topological polar surface area (TPSA) is 91.0 Å². The van der Waals surface area contributed by atoms with Crippen LogP contribution in [0.2, 0.25) is 0 Å². The summed E-state index contributed by atoms with van der Waals surface area (Å²) in [6.45, 7) is 1.05. The summed E-state index contributed by atoms with van der Waals surface area (Å²) in [4.78, 5) is 12.6. The maximum Gasteiger partial charge on any atom is 0.233 e. The van der Waals surface area contributed by atoms with Gasteiger partial charge < -0.3 is 21.2 Å². The molecule has 0 bridgehead atoms. The zero-order valence-electron chi connectivity index (χ0n) is 6.82. The lowest BCUT2D eigenvalue weighted by atomic mass is 10.00. The van der Waals surface area contributed by atoms with E-state index in [0.29, 0.717) is 13.1 Å². The van der Waals surface area contributed by atoms with Crippen molar-refractivity contribution in [3.8, 4) is 0 Å². The average Bonchev–Trinajstić information content (AvgIpc) is 2.01. The highest BCUT2D eigenvalue weighted by Gasteiger charge is 2.33. The Hall–Kier alpha value is -1.46. The highest BCUT2D eigenvalue weighted by Crippen LogP contribution is 2.14. The molecule has 1 aliphatic heterocycles. The van der Waals surface area contributed by atoms with E-state index in [1.54, 1.807) is 11.9 Å². The molecule has 0 unspecified atom stereocenters. The van der Waals surface area contributed by atoms with Gasteiger partial charge in [-0.25, -0.2) is 0 Å². The number of nitrogens with one attached hydrogen (secondary N) is 1. The third-order valence-corrected chi connectivity index (χ3v) is 1.93. The van der Waals surface area contributed by atoms with Crippen LogP contribution in [0, 0.1) is 5.92 Å². The fraction of sp³-hybridized carbons (Fsp3) is 0.667. The minimum atomic E-state index is -0.0321. The molecule has 0 aromatic carbocycles. The average molecular weight is 172 g/mol. The van der Waals surface area contributed by atoms with Gasteiger partial charge in [0.15, 0.2) is 0 Å². The smallest absolute Gasteiger partial charge is 0.233 e. The molecule has 0 aliphatic carbocycles. The predicted octanol–water partition coefficient (Wildman–Crippen LogP) is -1.63. The van der Waals surface area contributed by atoms with Crippen molar-refractivity contribution in [3.63, 3.8) is 0 Å². The molecule has 6 heteroatoms. The van der Waals surface area contributed by atoms with E-state index >= 15 is 0 Å². The van der Waals surface area contributed by atoms with Gasteiger partial charge in [-0.2, -0.15) is 0 Å². The van der Waals surface area contributed by atoms with Crippen molar-refractivity contribution in [2.24, 2.45) is 16.8 Å². The maximum absolute atomic E-state index is 11.0. The van der Waals surface area contributed by atoms with Crippen molar-refractivity contribution < 1.29 is 10.0 Å². The normalized spacial score (nSPS) is 18.8. The first-order valence-corrected chi connectivity index (χ1v) is 3.63. The molecule has 1 fully saturated rings. The van der Waals surface area contributed by atoms with Gasteiger partial charge in [-0.05, 0) is 0 Å². The van der Waals surface area contributed by atoms with Crippen molar-refractivity contribution >= 4 is 11.9 Å². The molecule has 6 nitrogen and oxygen atoms in total. The van der Waals surface area contributed by atoms with Gasteiger partial charge in [0.2, 0.25) is 11.9 Å². The number of rotatable bonds is 1. The summed E-state index contributed by atoms with van der Waals surface area (Å²) in [6, 6.07) is 0. The van der Waals surface area contributed by atoms with E-state index in [1.165, 1.54) is 0 Å². The number of nitrogens with zero attached hydrogens (tertiary/aromatic N) is 2. The highest BCUT2D eigenvalue weighted by molar-refractivity contribution is 5.84. The molecular formula is C6H12N4O2. The first-order chi connectivity index (χ1) is 5.69. The fourth-order valence-corrected chi connectivity index (χ4v) is 1.10.